The van der Waals surface area contributed by atoms with Gasteiger partial charge in [-0.3, -0.25) is 9.69 Å². The quantitative estimate of drug-likeness (QED) is 0.822. The van der Waals surface area contributed by atoms with Crippen molar-refractivity contribution in [3.8, 4) is 0 Å². The fourth-order valence-corrected chi connectivity index (χ4v) is 2.53. The Balaban J connectivity index is 2.23. The minimum Gasteiger partial charge on any atom is -0.300 e. The zero-order chi connectivity index (χ0) is 14.0. The SMILES string of the molecule is C[C@H](c1ccccc1)N1CCC(=O)C[C@@H]1C(F)(F)F. The Kier molecular flexibility index (Phi) is 3.94. The summed E-state index contributed by atoms with van der Waals surface area (Å²) >= 11 is 0. The number of nitrogens with zero attached hydrogens (tertiary/aromatic N) is 1. The van der Waals surface area contributed by atoms with E-state index in [1.807, 2.05) is 30.3 Å². The van der Waals surface area contributed by atoms with Gasteiger partial charge < -0.3 is 0 Å². The van der Waals surface area contributed by atoms with Gasteiger partial charge in [0.2, 0.25) is 0 Å². The fraction of sp³-hybridized carbons (Fsp3) is 0.500. The highest BCUT2D eigenvalue weighted by Crippen LogP contribution is 2.35. The Hall–Kier alpha value is -1.36. The summed E-state index contributed by atoms with van der Waals surface area (Å²) in [6.45, 7) is 1.92. The predicted molar refractivity (Wildman–Crippen MR) is 65.6 cm³/mol. The van der Waals surface area contributed by atoms with Crippen LogP contribution in [-0.4, -0.2) is 29.4 Å². The van der Waals surface area contributed by atoms with Crippen LogP contribution in [0.25, 0.3) is 0 Å². The molecule has 1 aliphatic heterocycles. The van der Waals surface area contributed by atoms with E-state index < -0.39 is 18.6 Å². The fourth-order valence-electron chi connectivity index (χ4n) is 2.53. The summed E-state index contributed by atoms with van der Waals surface area (Å²) in [5, 5.41) is 0. The van der Waals surface area contributed by atoms with Crippen molar-refractivity contribution in [1.29, 1.82) is 0 Å². The van der Waals surface area contributed by atoms with Crippen LogP contribution in [0, 0.1) is 0 Å². The van der Waals surface area contributed by atoms with Crippen LogP contribution in [0.4, 0.5) is 13.2 Å². The largest absolute Gasteiger partial charge is 0.404 e. The molecule has 0 saturated carbocycles. The monoisotopic (exact) mass is 271 g/mol. The summed E-state index contributed by atoms with van der Waals surface area (Å²) in [4.78, 5) is 12.7. The molecule has 104 valence electrons. The maximum Gasteiger partial charge on any atom is 0.404 e. The smallest absolute Gasteiger partial charge is 0.300 e. The van der Waals surface area contributed by atoms with Crippen molar-refractivity contribution < 1.29 is 18.0 Å². The lowest BCUT2D eigenvalue weighted by Gasteiger charge is -2.40. The van der Waals surface area contributed by atoms with Crippen molar-refractivity contribution in [3.63, 3.8) is 0 Å². The van der Waals surface area contributed by atoms with E-state index >= 15 is 0 Å². The number of benzene rings is 1. The first-order chi connectivity index (χ1) is 8.89. The van der Waals surface area contributed by atoms with Crippen molar-refractivity contribution >= 4 is 5.78 Å². The number of piperidine rings is 1. The van der Waals surface area contributed by atoms with Gasteiger partial charge in [0.25, 0.3) is 0 Å². The molecule has 1 aliphatic rings. The van der Waals surface area contributed by atoms with Crippen molar-refractivity contribution in [3.05, 3.63) is 35.9 Å². The standard InChI is InChI=1S/C14H16F3NO/c1-10(11-5-3-2-4-6-11)18-8-7-12(19)9-13(18)14(15,16)17/h2-6,10,13H,7-9H2,1H3/t10-,13-/m1/s1. The van der Waals surface area contributed by atoms with E-state index in [1.54, 1.807) is 6.92 Å². The maximum atomic E-state index is 13.0. The highest BCUT2D eigenvalue weighted by Gasteiger charge is 2.47. The van der Waals surface area contributed by atoms with Crippen LogP contribution in [-0.2, 0) is 4.79 Å². The lowest BCUT2D eigenvalue weighted by molar-refractivity contribution is -0.197. The van der Waals surface area contributed by atoms with E-state index in [-0.39, 0.29) is 24.8 Å². The van der Waals surface area contributed by atoms with Gasteiger partial charge in [0, 0.05) is 25.4 Å². The summed E-state index contributed by atoms with van der Waals surface area (Å²) in [7, 11) is 0. The molecule has 0 bridgehead atoms. The number of hydrogen-bond donors (Lipinski definition) is 0. The Bertz CT molecular complexity index is 444. The summed E-state index contributed by atoms with van der Waals surface area (Å²) in [5.41, 5.74) is 0.839. The lowest BCUT2D eigenvalue weighted by Crippen LogP contribution is -2.51. The molecule has 1 saturated heterocycles. The summed E-state index contributed by atoms with van der Waals surface area (Å²) in [5.74, 6) is -0.307. The molecule has 0 aliphatic carbocycles. The zero-order valence-electron chi connectivity index (χ0n) is 10.7. The van der Waals surface area contributed by atoms with Crippen molar-refractivity contribution in [1.82, 2.24) is 4.90 Å². The van der Waals surface area contributed by atoms with Gasteiger partial charge in [-0.25, -0.2) is 0 Å². The van der Waals surface area contributed by atoms with E-state index in [2.05, 4.69) is 0 Å². The number of halogens is 3. The average Bonchev–Trinajstić information content (AvgIpc) is 2.38. The molecule has 19 heavy (non-hydrogen) atoms. The first-order valence-corrected chi connectivity index (χ1v) is 6.28. The van der Waals surface area contributed by atoms with Gasteiger partial charge in [0.1, 0.15) is 11.8 Å². The highest BCUT2D eigenvalue weighted by atomic mass is 19.4. The van der Waals surface area contributed by atoms with Crippen LogP contribution < -0.4 is 0 Å². The minimum absolute atomic E-state index is 0.166. The van der Waals surface area contributed by atoms with Crippen LogP contribution in [0.2, 0.25) is 0 Å². The van der Waals surface area contributed by atoms with E-state index in [1.165, 1.54) is 4.90 Å². The number of Topliss-reactive ketones (excluding diaryl/α,β-unsaturated/α-hetero) is 1. The molecule has 0 unspecified atom stereocenters. The molecular formula is C14H16F3NO. The van der Waals surface area contributed by atoms with Gasteiger partial charge >= 0.3 is 6.18 Å². The molecule has 5 heteroatoms. The van der Waals surface area contributed by atoms with Crippen LogP contribution in [0.5, 0.6) is 0 Å². The second-order valence-corrected chi connectivity index (χ2v) is 4.87. The third-order valence-electron chi connectivity index (χ3n) is 3.63. The Morgan fingerprint density at radius 3 is 2.47 bits per heavy atom. The maximum absolute atomic E-state index is 13.0. The molecule has 0 N–H and O–H groups in total. The summed E-state index contributed by atoms with van der Waals surface area (Å²) in [6, 6.07) is 7.07. The van der Waals surface area contributed by atoms with E-state index in [9.17, 15) is 18.0 Å². The number of carbonyl (C=O) groups is 1. The Morgan fingerprint density at radius 1 is 1.26 bits per heavy atom. The van der Waals surface area contributed by atoms with Crippen molar-refractivity contribution in [2.24, 2.45) is 0 Å². The molecule has 2 nitrogen and oxygen atoms in total. The van der Waals surface area contributed by atoms with Crippen LogP contribution >= 0.6 is 0 Å². The third-order valence-corrected chi connectivity index (χ3v) is 3.63. The summed E-state index contributed by atoms with van der Waals surface area (Å²) < 4.78 is 39.1. The average molecular weight is 271 g/mol. The van der Waals surface area contributed by atoms with Crippen molar-refractivity contribution in [2.45, 2.75) is 38.0 Å². The predicted octanol–water partition coefficient (Wildman–Crippen LogP) is 3.34. The van der Waals surface area contributed by atoms with Gasteiger partial charge in [0.05, 0.1) is 0 Å². The Labute approximate surface area is 110 Å². The number of carbonyl (C=O) groups excluding carboxylic acids is 1. The number of rotatable bonds is 2. The molecular weight excluding hydrogens is 255 g/mol. The molecule has 2 atom stereocenters. The normalized spacial score (nSPS) is 23.4. The van der Waals surface area contributed by atoms with Gasteiger partial charge in [0.15, 0.2) is 0 Å². The van der Waals surface area contributed by atoms with Crippen LogP contribution in [0.15, 0.2) is 30.3 Å². The zero-order valence-corrected chi connectivity index (χ0v) is 10.7. The van der Waals surface area contributed by atoms with E-state index in [4.69, 9.17) is 0 Å². The second kappa shape index (κ2) is 5.33. The first kappa shape index (κ1) is 14.1. The molecule has 0 spiro atoms. The van der Waals surface area contributed by atoms with E-state index in [0.29, 0.717) is 0 Å². The molecule has 1 fully saturated rings. The van der Waals surface area contributed by atoms with E-state index in [0.717, 1.165) is 5.56 Å². The van der Waals surface area contributed by atoms with Gasteiger partial charge in [-0.2, -0.15) is 13.2 Å². The van der Waals surface area contributed by atoms with Gasteiger partial charge in [-0.05, 0) is 12.5 Å². The molecule has 2 rings (SSSR count). The molecule has 0 aromatic heterocycles. The second-order valence-electron chi connectivity index (χ2n) is 4.87. The number of alkyl halides is 3. The third kappa shape index (κ3) is 3.15. The van der Waals surface area contributed by atoms with Gasteiger partial charge in [-0.1, -0.05) is 30.3 Å². The number of likely N-dealkylation sites (tertiary alicyclic amines) is 1. The first-order valence-electron chi connectivity index (χ1n) is 6.28. The Morgan fingerprint density at radius 2 is 1.89 bits per heavy atom. The molecule has 0 radical (unpaired) electrons. The molecule has 1 heterocycles. The van der Waals surface area contributed by atoms with Crippen LogP contribution in [0.3, 0.4) is 0 Å². The van der Waals surface area contributed by atoms with Crippen molar-refractivity contribution in [2.75, 3.05) is 6.54 Å². The van der Waals surface area contributed by atoms with Gasteiger partial charge in [-0.15, -0.1) is 0 Å². The summed E-state index contributed by atoms with van der Waals surface area (Å²) in [6.07, 6.45) is -4.59. The van der Waals surface area contributed by atoms with Crippen LogP contribution in [0.1, 0.15) is 31.4 Å². The molecule has 1 aromatic rings. The highest BCUT2D eigenvalue weighted by molar-refractivity contribution is 5.80. The lowest BCUT2D eigenvalue weighted by atomic mass is 9.96. The molecule has 1 aromatic carbocycles. The number of ketones is 1. The molecule has 0 amide bonds. The number of hydrogen-bond acceptors (Lipinski definition) is 2. The topological polar surface area (TPSA) is 20.3 Å². The minimum atomic E-state index is -4.36.